The van der Waals surface area contributed by atoms with Crippen LogP contribution in [0, 0.1) is 5.92 Å². The SMILES string of the molecule is CC(C)[C@H](C(=O)N[C@@H]1CCN(Cc2ccccc2)C1)N1CCCC1=O. The molecule has 0 spiro atoms. The molecule has 0 unspecified atom stereocenters. The van der Waals surface area contributed by atoms with Gasteiger partial charge in [-0.3, -0.25) is 14.5 Å². The summed E-state index contributed by atoms with van der Waals surface area (Å²) in [6.45, 7) is 7.54. The summed E-state index contributed by atoms with van der Waals surface area (Å²) in [4.78, 5) is 29.0. The van der Waals surface area contributed by atoms with Gasteiger partial charge >= 0.3 is 0 Å². The quantitative estimate of drug-likeness (QED) is 0.860. The number of hydrogen-bond acceptors (Lipinski definition) is 3. The van der Waals surface area contributed by atoms with Crippen molar-refractivity contribution in [3.8, 4) is 0 Å². The number of nitrogens with zero attached hydrogens (tertiary/aromatic N) is 2. The van der Waals surface area contributed by atoms with Gasteiger partial charge in [0, 0.05) is 38.6 Å². The van der Waals surface area contributed by atoms with Crippen LogP contribution < -0.4 is 5.32 Å². The van der Waals surface area contributed by atoms with Crippen LogP contribution in [-0.4, -0.2) is 53.3 Å². The molecule has 2 amide bonds. The van der Waals surface area contributed by atoms with E-state index < -0.39 is 0 Å². The third kappa shape index (κ3) is 4.40. The third-order valence-corrected chi connectivity index (χ3v) is 5.21. The van der Waals surface area contributed by atoms with Crippen LogP contribution in [0.15, 0.2) is 30.3 Å². The Labute approximate surface area is 150 Å². The highest BCUT2D eigenvalue weighted by atomic mass is 16.2. The number of hydrogen-bond donors (Lipinski definition) is 1. The first-order valence-corrected chi connectivity index (χ1v) is 9.40. The minimum Gasteiger partial charge on any atom is -0.350 e. The number of rotatable bonds is 6. The zero-order valence-electron chi connectivity index (χ0n) is 15.3. The second-order valence-corrected chi connectivity index (χ2v) is 7.59. The lowest BCUT2D eigenvalue weighted by Crippen LogP contribution is -2.53. The molecule has 2 atom stereocenters. The monoisotopic (exact) mass is 343 g/mol. The van der Waals surface area contributed by atoms with Crippen LogP contribution in [0.25, 0.3) is 0 Å². The predicted molar refractivity (Wildman–Crippen MR) is 97.8 cm³/mol. The molecule has 0 bridgehead atoms. The van der Waals surface area contributed by atoms with E-state index in [0.29, 0.717) is 13.0 Å². The summed E-state index contributed by atoms with van der Waals surface area (Å²) in [5, 5.41) is 3.20. The first-order valence-electron chi connectivity index (χ1n) is 9.40. The normalized spacial score (nSPS) is 22.6. The number of carbonyl (C=O) groups excluding carboxylic acids is 2. The Kier molecular flexibility index (Phi) is 5.74. The average molecular weight is 343 g/mol. The topological polar surface area (TPSA) is 52.7 Å². The Morgan fingerprint density at radius 2 is 2.00 bits per heavy atom. The van der Waals surface area contributed by atoms with Crippen LogP contribution in [0.4, 0.5) is 0 Å². The lowest BCUT2D eigenvalue weighted by atomic mass is 10.0. The van der Waals surface area contributed by atoms with Gasteiger partial charge in [0.15, 0.2) is 0 Å². The van der Waals surface area contributed by atoms with Crippen molar-refractivity contribution in [2.24, 2.45) is 5.92 Å². The molecular formula is C20H29N3O2. The molecule has 25 heavy (non-hydrogen) atoms. The zero-order chi connectivity index (χ0) is 17.8. The molecule has 5 heteroatoms. The third-order valence-electron chi connectivity index (χ3n) is 5.21. The maximum atomic E-state index is 12.8. The summed E-state index contributed by atoms with van der Waals surface area (Å²) in [6, 6.07) is 10.3. The average Bonchev–Trinajstić information content (AvgIpc) is 3.18. The Morgan fingerprint density at radius 3 is 2.64 bits per heavy atom. The zero-order valence-corrected chi connectivity index (χ0v) is 15.3. The molecular weight excluding hydrogens is 314 g/mol. The maximum absolute atomic E-state index is 12.8. The number of nitrogens with one attached hydrogen (secondary N) is 1. The number of carbonyl (C=O) groups is 2. The molecule has 1 N–H and O–H groups in total. The largest absolute Gasteiger partial charge is 0.350 e. The van der Waals surface area contributed by atoms with E-state index in [1.165, 1.54) is 5.56 Å². The van der Waals surface area contributed by atoms with Gasteiger partial charge in [-0.15, -0.1) is 0 Å². The van der Waals surface area contributed by atoms with E-state index >= 15 is 0 Å². The van der Waals surface area contributed by atoms with Crippen molar-refractivity contribution in [2.75, 3.05) is 19.6 Å². The summed E-state index contributed by atoms with van der Waals surface area (Å²) < 4.78 is 0. The molecule has 5 nitrogen and oxygen atoms in total. The molecule has 136 valence electrons. The molecule has 0 aromatic heterocycles. The van der Waals surface area contributed by atoms with Crippen LogP contribution in [-0.2, 0) is 16.1 Å². The van der Waals surface area contributed by atoms with Crippen molar-refractivity contribution < 1.29 is 9.59 Å². The first kappa shape index (κ1) is 17.9. The van der Waals surface area contributed by atoms with E-state index in [1.54, 1.807) is 4.90 Å². The minimum atomic E-state index is -0.335. The predicted octanol–water partition coefficient (Wildman–Crippen LogP) is 2.02. The van der Waals surface area contributed by atoms with Crippen LogP contribution in [0.2, 0.25) is 0 Å². The van der Waals surface area contributed by atoms with Crippen LogP contribution in [0.3, 0.4) is 0 Å². The molecule has 0 aliphatic carbocycles. The molecule has 3 rings (SSSR count). The summed E-state index contributed by atoms with van der Waals surface area (Å²) in [7, 11) is 0. The highest BCUT2D eigenvalue weighted by Crippen LogP contribution is 2.20. The fraction of sp³-hybridized carbons (Fsp3) is 0.600. The van der Waals surface area contributed by atoms with Crippen molar-refractivity contribution in [1.29, 1.82) is 0 Å². The fourth-order valence-corrected chi connectivity index (χ4v) is 3.99. The standard InChI is InChI=1S/C20H29N3O2/c1-15(2)19(23-11-6-9-18(23)24)20(25)21-17-10-12-22(14-17)13-16-7-4-3-5-8-16/h3-5,7-8,15,17,19H,6,9-14H2,1-2H3,(H,21,25)/t17-,19-/m1/s1. The number of benzene rings is 1. The lowest BCUT2D eigenvalue weighted by Gasteiger charge is -2.31. The van der Waals surface area contributed by atoms with Crippen molar-refractivity contribution in [2.45, 2.75) is 51.7 Å². The Hall–Kier alpha value is -1.88. The van der Waals surface area contributed by atoms with Crippen LogP contribution in [0.5, 0.6) is 0 Å². The summed E-state index contributed by atoms with van der Waals surface area (Å²) in [5.41, 5.74) is 1.30. The maximum Gasteiger partial charge on any atom is 0.243 e. The lowest BCUT2D eigenvalue weighted by molar-refractivity contribution is -0.139. The van der Waals surface area contributed by atoms with Crippen molar-refractivity contribution in [3.05, 3.63) is 35.9 Å². The molecule has 2 heterocycles. The minimum absolute atomic E-state index is 0.0109. The Bertz CT molecular complexity index is 602. The Balaban J connectivity index is 1.54. The molecule has 2 aliphatic heterocycles. The van der Waals surface area contributed by atoms with Gasteiger partial charge in [-0.2, -0.15) is 0 Å². The second-order valence-electron chi connectivity index (χ2n) is 7.59. The molecule has 2 aliphatic rings. The van der Waals surface area contributed by atoms with Crippen LogP contribution in [0.1, 0.15) is 38.7 Å². The highest BCUT2D eigenvalue weighted by molar-refractivity contribution is 5.89. The van der Waals surface area contributed by atoms with E-state index in [9.17, 15) is 9.59 Å². The van der Waals surface area contributed by atoms with Gasteiger partial charge in [0.05, 0.1) is 0 Å². The molecule has 0 saturated carbocycles. The van der Waals surface area contributed by atoms with Crippen molar-refractivity contribution in [1.82, 2.24) is 15.1 Å². The highest BCUT2D eigenvalue weighted by Gasteiger charge is 2.36. The van der Waals surface area contributed by atoms with E-state index in [2.05, 4.69) is 34.5 Å². The van der Waals surface area contributed by atoms with Gasteiger partial charge in [-0.1, -0.05) is 44.2 Å². The number of likely N-dealkylation sites (tertiary alicyclic amines) is 2. The Morgan fingerprint density at radius 1 is 1.24 bits per heavy atom. The van der Waals surface area contributed by atoms with Gasteiger partial charge in [0.25, 0.3) is 0 Å². The first-order chi connectivity index (χ1) is 12.0. The molecule has 1 aromatic rings. The van der Waals surface area contributed by atoms with Gasteiger partial charge < -0.3 is 10.2 Å². The van der Waals surface area contributed by atoms with E-state index in [-0.39, 0.29) is 29.8 Å². The summed E-state index contributed by atoms with van der Waals surface area (Å²) >= 11 is 0. The fourth-order valence-electron chi connectivity index (χ4n) is 3.99. The second kappa shape index (κ2) is 8.00. The smallest absolute Gasteiger partial charge is 0.243 e. The van der Waals surface area contributed by atoms with E-state index in [4.69, 9.17) is 0 Å². The summed E-state index contributed by atoms with van der Waals surface area (Å²) in [5.74, 6) is 0.256. The van der Waals surface area contributed by atoms with E-state index in [1.807, 2.05) is 19.9 Å². The van der Waals surface area contributed by atoms with Crippen LogP contribution >= 0.6 is 0 Å². The van der Waals surface area contributed by atoms with Crippen molar-refractivity contribution in [3.63, 3.8) is 0 Å². The molecule has 0 radical (unpaired) electrons. The van der Waals surface area contributed by atoms with E-state index in [0.717, 1.165) is 32.5 Å². The van der Waals surface area contributed by atoms with Crippen molar-refractivity contribution >= 4 is 11.8 Å². The van der Waals surface area contributed by atoms with Gasteiger partial charge in [-0.25, -0.2) is 0 Å². The molecule has 2 saturated heterocycles. The van der Waals surface area contributed by atoms with Gasteiger partial charge in [0.1, 0.15) is 6.04 Å². The molecule has 2 fully saturated rings. The van der Waals surface area contributed by atoms with Gasteiger partial charge in [0.2, 0.25) is 11.8 Å². The van der Waals surface area contributed by atoms with Gasteiger partial charge in [-0.05, 0) is 24.3 Å². The summed E-state index contributed by atoms with van der Waals surface area (Å²) in [6.07, 6.45) is 2.41. The molecule has 1 aromatic carbocycles. The number of amides is 2.